The first-order chi connectivity index (χ1) is 11.0. The number of hydrogen-bond acceptors (Lipinski definition) is 3. The second kappa shape index (κ2) is 6.40. The lowest BCUT2D eigenvalue weighted by molar-refractivity contribution is -0.130. The van der Waals surface area contributed by atoms with E-state index in [2.05, 4.69) is 10.00 Å². The molecule has 0 spiro atoms. The zero-order valence-electron chi connectivity index (χ0n) is 13.5. The van der Waals surface area contributed by atoms with Crippen LogP contribution in [0.25, 0.3) is 0 Å². The van der Waals surface area contributed by atoms with Crippen LogP contribution in [0, 0.1) is 12.7 Å². The average Bonchev–Trinajstić information content (AvgIpc) is 2.86. The SMILES string of the molecule is Cc1cc(CC(=O)N2CCN(c3ccc(F)cc3)CC2)n(C)n1. The van der Waals surface area contributed by atoms with E-state index >= 15 is 0 Å². The molecule has 1 aromatic heterocycles. The topological polar surface area (TPSA) is 41.4 Å². The fourth-order valence-electron chi connectivity index (χ4n) is 2.96. The molecule has 1 aliphatic rings. The lowest BCUT2D eigenvalue weighted by atomic mass is 10.2. The van der Waals surface area contributed by atoms with E-state index in [9.17, 15) is 9.18 Å². The summed E-state index contributed by atoms with van der Waals surface area (Å²) in [4.78, 5) is 16.5. The van der Waals surface area contributed by atoms with Gasteiger partial charge in [0.2, 0.25) is 5.91 Å². The molecule has 1 saturated heterocycles. The smallest absolute Gasteiger partial charge is 0.228 e. The number of aryl methyl sites for hydroxylation is 2. The van der Waals surface area contributed by atoms with Crippen LogP contribution < -0.4 is 4.90 Å². The van der Waals surface area contributed by atoms with Crippen LogP contribution in [0.2, 0.25) is 0 Å². The fraction of sp³-hybridized carbons (Fsp3) is 0.412. The van der Waals surface area contributed by atoms with Crippen molar-refractivity contribution < 1.29 is 9.18 Å². The van der Waals surface area contributed by atoms with Crippen LogP contribution in [0.1, 0.15) is 11.4 Å². The normalized spacial score (nSPS) is 15.1. The van der Waals surface area contributed by atoms with Crippen LogP contribution in [0.15, 0.2) is 30.3 Å². The van der Waals surface area contributed by atoms with Crippen LogP contribution in [0.4, 0.5) is 10.1 Å². The van der Waals surface area contributed by atoms with Gasteiger partial charge in [0.05, 0.1) is 12.1 Å². The monoisotopic (exact) mass is 316 g/mol. The summed E-state index contributed by atoms with van der Waals surface area (Å²) in [6.07, 6.45) is 0.383. The maximum atomic E-state index is 13.0. The number of amides is 1. The molecule has 0 aliphatic carbocycles. The highest BCUT2D eigenvalue weighted by Crippen LogP contribution is 2.17. The Morgan fingerprint density at radius 1 is 1.17 bits per heavy atom. The Balaban J connectivity index is 1.57. The summed E-state index contributed by atoms with van der Waals surface area (Å²) in [7, 11) is 1.86. The van der Waals surface area contributed by atoms with Crippen molar-refractivity contribution in [1.29, 1.82) is 0 Å². The van der Waals surface area contributed by atoms with Gasteiger partial charge in [-0.25, -0.2) is 4.39 Å². The number of carbonyl (C=O) groups is 1. The summed E-state index contributed by atoms with van der Waals surface area (Å²) in [6, 6.07) is 8.46. The maximum absolute atomic E-state index is 13.0. The van der Waals surface area contributed by atoms with Crippen molar-refractivity contribution in [3.05, 3.63) is 47.5 Å². The van der Waals surface area contributed by atoms with Gasteiger partial charge in [0.15, 0.2) is 0 Å². The van der Waals surface area contributed by atoms with Crippen LogP contribution in [-0.4, -0.2) is 46.8 Å². The summed E-state index contributed by atoms with van der Waals surface area (Å²) in [5.41, 5.74) is 2.87. The average molecular weight is 316 g/mol. The number of benzene rings is 1. The van der Waals surface area contributed by atoms with Gasteiger partial charge < -0.3 is 9.80 Å². The van der Waals surface area contributed by atoms with Gasteiger partial charge in [-0.1, -0.05) is 0 Å². The molecule has 5 nitrogen and oxygen atoms in total. The molecule has 1 amide bonds. The third-order valence-corrected chi connectivity index (χ3v) is 4.26. The number of carbonyl (C=O) groups excluding carboxylic acids is 1. The predicted octanol–water partition coefficient (Wildman–Crippen LogP) is 1.76. The molecule has 3 rings (SSSR count). The van der Waals surface area contributed by atoms with Crippen molar-refractivity contribution in [2.24, 2.45) is 7.05 Å². The lowest BCUT2D eigenvalue weighted by Crippen LogP contribution is -2.49. The minimum absolute atomic E-state index is 0.131. The van der Waals surface area contributed by atoms with E-state index in [1.807, 2.05) is 24.9 Å². The van der Waals surface area contributed by atoms with E-state index in [0.29, 0.717) is 19.5 Å². The molecule has 0 bridgehead atoms. The van der Waals surface area contributed by atoms with E-state index < -0.39 is 0 Å². The fourth-order valence-corrected chi connectivity index (χ4v) is 2.96. The van der Waals surface area contributed by atoms with Gasteiger partial charge in [-0.15, -0.1) is 0 Å². The number of halogens is 1. The molecular weight excluding hydrogens is 295 g/mol. The minimum Gasteiger partial charge on any atom is -0.368 e. The number of rotatable bonds is 3. The summed E-state index contributed by atoms with van der Waals surface area (Å²) < 4.78 is 14.8. The quantitative estimate of drug-likeness (QED) is 0.866. The zero-order chi connectivity index (χ0) is 16.4. The number of piperazine rings is 1. The molecule has 0 atom stereocenters. The summed E-state index contributed by atoms with van der Waals surface area (Å²) in [5, 5.41) is 4.28. The second-order valence-corrected chi connectivity index (χ2v) is 5.92. The van der Waals surface area contributed by atoms with Crippen molar-refractivity contribution in [3.63, 3.8) is 0 Å². The third-order valence-electron chi connectivity index (χ3n) is 4.26. The molecule has 23 heavy (non-hydrogen) atoms. The molecular formula is C17H21FN4O. The van der Waals surface area contributed by atoms with Crippen molar-refractivity contribution in [2.45, 2.75) is 13.3 Å². The van der Waals surface area contributed by atoms with Crippen molar-refractivity contribution >= 4 is 11.6 Å². The Bertz CT molecular complexity index is 687. The van der Waals surface area contributed by atoms with E-state index in [0.717, 1.165) is 30.2 Å². The van der Waals surface area contributed by atoms with Crippen LogP contribution in [0.5, 0.6) is 0 Å². The molecule has 2 heterocycles. The number of nitrogens with zero attached hydrogens (tertiary/aromatic N) is 4. The Morgan fingerprint density at radius 2 is 1.83 bits per heavy atom. The molecule has 0 radical (unpaired) electrons. The van der Waals surface area contributed by atoms with Crippen LogP contribution in [0.3, 0.4) is 0 Å². The molecule has 2 aromatic rings. The van der Waals surface area contributed by atoms with Gasteiger partial charge in [0.1, 0.15) is 5.82 Å². The molecule has 0 unspecified atom stereocenters. The van der Waals surface area contributed by atoms with E-state index in [-0.39, 0.29) is 11.7 Å². The van der Waals surface area contributed by atoms with Crippen LogP contribution in [-0.2, 0) is 18.3 Å². The molecule has 122 valence electrons. The second-order valence-electron chi connectivity index (χ2n) is 5.92. The van der Waals surface area contributed by atoms with Gasteiger partial charge >= 0.3 is 0 Å². The Labute approximate surface area is 135 Å². The van der Waals surface area contributed by atoms with Gasteiger partial charge in [0.25, 0.3) is 0 Å². The lowest BCUT2D eigenvalue weighted by Gasteiger charge is -2.36. The van der Waals surface area contributed by atoms with Crippen molar-refractivity contribution in [1.82, 2.24) is 14.7 Å². The first kappa shape index (κ1) is 15.5. The Morgan fingerprint density at radius 3 is 2.39 bits per heavy atom. The van der Waals surface area contributed by atoms with Gasteiger partial charge in [-0.3, -0.25) is 9.48 Å². The van der Waals surface area contributed by atoms with Gasteiger partial charge in [-0.2, -0.15) is 5.10 Å². The maximum Gasteiger partial charge on any atom is 0.228 e. The highest BCUT2D eigenvalue weighted by atomic mass is 19.1. The van der Waals surface area contributed by atoms with Crippen molar-refractivity contribution in [3.8, 4) is 0 Å². The summed E-state index contributed by atoms with van der Waals surface area (Å²) >= 11 is 0. The van der Waals surface area contributed by atoms with Crippen LogP contribution >= 0.6 is 0 Å². The van der Waals surface area contributed by atoms with E-state index in [1.54, 1.807) is 16.8 Å². The predicted molar refractivity (Wildman–Crippen MR) is 86.8 cm³/mol. The minimum atomic E-state index is -0.228. The summed E-state index contributed by atoms with van der Waals surface area (Å²) in [6.45, 7) is 4.83. The first-order valence-corrected chi connectivity index (χ1v) is 7.81. The van der Waals surface area contributed by atoms with E-state index in [4.69, 9.17) is 0 Å². The standard InChI is InChI=1S/C17H21FN4O/c1-13-11-16(20(2)19-13)12-17(23)22-9-7-21(8-10-22)15-5-3-14(18)4-6-15/h3-6,11H,7-10,12H2,1-2H3. The molecule has 6 heteroatoms. The molecule has 1 fully saturated rings. The molecule has 1 aromatic carbocycles. The van der Waals surface area contributed by atoms with Gasteiger partial charge in [-0.05, 0) is 37.3 Å². The molecule has 1 aliphatic heterocycles. The van der Waals surface area contributed by atoms with E-state index in [1.165, 1.54) is 12.1 Å². The largest absolute Gasteiger partial charge is 0.368 e. The van der Waals surface area contributed by atoms with Crippen molar-refractivity contribution in [2.75, 3.05) is 31.1 Å². The molecule has 0 saturated carbocycles. The zero-order valence-corrected chi connectivity index (χ0v) is 13.5. The highest BCUT2D eigenvalue weighted by molar-refractivity contribution is 5.78. The Hall–Kier alpha value is -2.37. The number of aromatic nitrogens is 2. The summed E-state index contributed by atoms with van der Waals surface area (Å²) in [5.74, 6) is -0.0965. The molecule has 0 N–H and O–H groups in total. The van der Waals surface area contributed by atoms with Gasteiger partial charge in [0, 0.05) is 44.6 Å². The third kappa shape index (κ3) is 3.52. The highest BCUT2D eigenvalue weighted by Gasteiger charge is 2.22. The number of anilines is 1. The first-order valence-electron chi connectivity index (χ1n) is 7.81. The Kier molecular flexibility index (Phi) is 4.32. The number of hydrogen-bond donors (Lipinski definition) is 0.